The van der Waals surface area contributed by atoms with E-state index >= 15 is 0 Å². The monoisotopic (exact) mass is 454 g/mol. The lowest BCUT2D eigenvalue weighted by Crippen LogP contribution is -2.30. The van der Waals surface area contributed by atoms with Gasteiger partial charge in [-0.15, -0.1) is 0 Å². The predicted molar refractivity (Wildman–Crippen MR) is 135 cm³/mol. The van der Waals surface area contributed by atoms with Crippen LogP contribution in [0.5, 0.6) is 0 Å². The maximum atomic E-state index is 12.9. The summed E-state index contributed by atoms with van der Waals surface area (Å²) in [7, 11) is 0. The minimum Gasteiger partial charge on any atom is -0.352 e. The highest BCUT2D eigenvalue weighted by Crippen LogP contribution is 2.18. The first-order valence-corrected chi connectivity index (χ1v) is 11.6. The van der Waals surface area contributed by atoms with Gasteiger partial charge in [-0.05, 0) is 49.6 Å². The van der Waals surface area contributed by atoms with E-state index in [4.69, 9.17) is 4.98 Å². The van der Waals surface area contributed by atoms with E-state index in [2.05, 4.69) is 10.6 Å². The summed E-state index contributed by atoms with van der Waals surface area (Å²) in [5.74, 6) is 0.711. The van der Waals surface area contributed by atoms with Crippen molar-refractivity contribution in [2.75, 3.05) is 6.54 Å². The Kier molecular flexibility index (Phi) is 7.38. The molecule has 0 saturated carbocycles. The van der Waals surface area contributed by atoms with E-state index in [0.29, 0.717) is 18.5 Å². The predicted octanol–water partition coefficient (Wildman–Crippen LogP) is 4.58. The lowest BCUT2D eigenvalue weighted by molar-refractivity contribution is -0.122. The topological polar surface area (TPSA) is 76.0 Å². The highest BCUT2D eigenvalue weighted by atomic mass is 16.2. The molecule has 4 aromatic rings. The summed E-state index contributed by atoms with van der Waals surface area (Å²) >= 11 is 0. The van der Waals surface area contributed by atoms with Gasteiger partial charge in [0.15, 0.2) is 0 Å². The van der Waals surface area contributed by atoms with Gasteiger partial charge in [-0.3, -0.25) is 9.59 Å². The quantitative estimate of drug-likeness (QED) is 0.363. The Balaban J connectivity index is 1.40. The molecule has 6 nitrogen and oxygen atoms in total. The average Bonchev–Trinajstić information content (AvgIpc) is 3.19. The fraction of sp³-hybridized carbons (Fsp3) is 0.250. The largest absolute Gasteiger partial charge is 0.352 e. The SMILES string of the molecule is Cc1ccccc1C(=O)NCCCc1nc2ccccc2n1CC(=O)NC(C)c1ccccc1. The number of imidazole rings is 1. The van der Waals surface area contributed by atoms with Gasteiger partial charge in [0.1, 0.15) is 12.4 Å². The second kappa shape index (κ2) is 10.8. The second-order valence-electron chi connectivity index (χ2n) is 8.48. The molecule has 3 aromatic carbocycles. The number of hydrogen-bond acceptors (Lipinski definition) is 3. The third kappa shape index (κ3) is 5.52. The number of benzene rings is 3. The van der Waals surface area contributed by atoms with Crippen LogP contribution >= 0.6 is 0 Å². The van der Waals surface area contributed by atoms with E-state index in [1.165, 1.54) is 0 Å². The molecule has 4 rings (SSSR count). The normalized spacial score (nSPS) is 11.8. The summed E-state index contributed by atoms with van der Waals surface area (Å²) < 4.78 is 1.98. The zero-order valence-electron chi connectivity index (χ0n) is 19.6. The Bertz CT molecular complexity index is 1280. The van der Waals surface area contributed by atoms with Crippen molar-refractivity contribution in [3.05, 3.63) is 101 Å². The summed E-state index contributed by atoms with van der Waals surface area (Å²) in [5.41, 5.74) is 4.52. The van der Waals surface area contributed by atoms with E-state index in [9.17, 15) is 9.59 Å². The number of aromatic nitrogens is 2. The van der Waals surface area contributed by atoms with Crippen LogP contribution in [-0.2, 0) is 17.8 Å². The van der Waals surface area contributed by atoms with Crippen LogP contribution in [0.25, 0.3) is 11.0 Å². The molecule has 0 radical (unpaired) electrons. The van der Waals surface area contributed by atoms with Crippen molar-refractivity contribution in [1.29, 1.82) is 0 Å². The summed E-state index contributed by atoms with van der Waals surface area (Å²) in [5, 5.41) is 6.08. The minimum atomic E-state index is -0.0800. The maximum Gasteiger partial charge on any atom is 0.251 e. The minimum absolute atomic E-state index is 0.0615. The van der Waals surface area contributed by atoms with Crippen molar-refractivity contribution in [3.8, 4) is 0 Å². The highest BCUT2D eigenvalue weighted by Gasteiger charge is 2.16. The van der Waals surface area contributed by atoms with Gasteiger partial charge in [-0.1, -0.05) is 60.7 Å². The van der Waals surface area contributed by atoms with Gasteiger partial charge in [0, 0.05) is 18.5 Å². The van der Waals surface area contributed by atoms with Crippen LogP contribution in [0.2, 0.25) is 0 Å². The molecule has 1 heterocycles. The first-order valence-electron chi connectivity index (χ1n) is 11.6. The number of nitrogens with zero attached hydrogens (tertiary/aromatic N) is 2. The number of para-hydroxylation sites is 2. The highest BCUT2D eigenvalue weighted by molar-refractivity contribution is 5.95. The average molecular weight is 455 g/mol. The van der Waals surface area contributed by atoms with Crippen molar-refractivity contribution in [1.82, 2.24) is 20.2 Å². The lowest BCUT2D eigenvalue weighted by atomic mass is 10.1. The Morgan fingerprint density at radius 1 is 0.941 bits per heavy atom. The molecule has 0 aliphatic rings. The number of nitrogens with one attached hydrogen (secondary N) is 2. The number of hydrogen-bond donors (Lipinski definition) is 2. The van der Waals surface area contributed by atoms with Crippen LogP contribution in [0.3, 0.4) is 0 Å². The van der Waals surface area contributed by atoms with Crippen molar-refractivity contribution >= 4 is 22.8 Å². The molecule has 6 heteroatoms. The molecule has 1 aromatic heterocycles. The van der Waals surface area contributed by atoms with E-state index in [-0.39, 0.29) is 24.4 Å². The molecule has 1 unspecified atom stereocenters. The third-order valence-electron chi connectivity index (χ3n) is 5.96. The molecule has 0 aliphatic carbocycles. The van der Waals surface area contributed by atoms with Crippen LogP contribution in [0, 0.1) is 6.92 Å². The smallest absolute Gasteiger partial charge is 0.251 e. The summed E-state index contributed by atoms with van der Waals surface area (Å²) in [6.45, 7) is 4.65. The van der Waals surface area contributed by atoms with Gasteiger partial charge in [0.2, 0.25) is 5.91 Å². The maximum absolute atomic E-state index is 12.9. The first kappa shape index (κ1) is 23.2. The Morgan fingerprint density at radius 2 is 1.65 bits per heavy atom. The summed E-state index contributed by atoms with van der Waals surface area (Å²) in [6, 6.07) is 25.2. The Labute approximate surface area is 200 Å². The van der Waals surface area contributed by atoms with E-state index in [1.807, 2.05) is 97.3 Å². The fourth-order valence-corrected chi connectivity index (χ4v) is 4.12. The summed E-state index contributed by atoms with van der Waals surface area (Å²) in [4.78, 5) is 30.1. The molecule has 0 aliphatic heterocycles. The van der Waals surface area contributed by atoms with Gasteiger partial charge in [0.25, 0.3) is 5.91 Å². The lowest BCUT2D eigenvalue weighted by Gasteiger charge is -2.16. The molecule has 34 heavy (non-hydrogen) atoms. The molecule has 174 valence electrons. The Morgan fingerprint density at radius 3 is 2.44 bits per heavy atom. The van der Waals surface area contributed by atoms with Crippen LogP contribution in [-0.4, -0.2) is 27.9 Å². The van der Waals surface area contributed by atoms with E-state index in [1.54, 1.807) is 0 Å². The molecular weight excluding hydrogens is 424 g/mol. The van der Waals surface area contributed by atoms with Crippen LogP contribution < -0.4 is 10.6 Å². The molecule has 0 fully saturated rings. The molecule has 2 amide bonds. The molecule has 0 bridgehead atoms. The second-order valence-corrected chi connectivity index (χ2v) is 8.48. The molecular formula is C28H30N4O2. The van der Waals surface area contributed by atoms with Crippen molar-refractivity contribution in [2.24, 2.45) is 0 Å². The summed E-state index contributed by atoms with van der Waals surface area (Å²) in [6.07, 6.45) is 1.38. The number of amides is 2. The van der Waals surface area contributed by atoms with Crippen LogP contribution in [0.4, 0.5) is 0 Å². The number of carbonyl (C=O) groups is 2. The number of carbonyl (C=O) groups excluding carboxylic acids is 2. The van der Waals surface area contributed by atoms with Crippen LogP contribution in [0.15, 0.2) is 78.9 Å². The number of rotatable bonds is 9. The van der Waals surface area contributed by atoms with Crippen molar-refractivity contribution < 1.29 is 9.59 Å². The zero-order valence-corrected chi connectivity index (χ0v) is 19.6. The van der Waals surface area contributed by atoms with Crippen molar-refractivity contribution in [3.63, 3.8) is 0 Å². The van der Waals surface area contributed by atoms with Gasteiger partial charge in [-0.2, -0.15) is 0 Å². The van der Waals surface area contributed by atoms with Crippen LogP contribution in [0.1, 0.15) is 46.7 Å². The van der Waals surface area contributed by atoms with Gasteiger partial charge >= 0.3 is 0 Å². The molecule has 1 atom stereocenters. The van der Waals surface area contributed by atoms with Crippen molar-refractivity contribution in [2.45, 2.75) is 39.3 Å². The first-order chi connectivity index (χ1) is 16.5. The standard InChI is InChI=1S/C28H30N4O2/c1-20-11-6-7-14-23(20)28(34)29-18-10-17-26-31-24-15-8-9-16-25(24)32(26)19-27(33)30-21(2)22-12-4-3-5-13-22/h3-9,11-16,21H,10,17-19H2,1-2H3,(H,29,34)(H,30,33). The molecule has 0 saturated heterocycles. The van der Waals surface area contributed by atoms with Gasteiger partial charge in [0.05, 0.1) is 17.1 Å². The molecule has 2 N–H and O–H groups in total. The Hall–Kier alpha value is -3.93. The van der Waals surface area contributed by atoms with E-state index < -0.39 is 0 Å². The molecule has 0 spiro atoms. The fourth-order valence-electron chi connectivity index (χ4n) is 4.12. The zero-order chi connectivity index (χ0) is 23.9. The number of aryl methyl sites for hydroxylation is 2. The van der Waals surface area contributed by atoms with Gasteiger partial charge < -0.3 is 15.2 Å². The van der Waals surface area contributed by atoms with E-state index in [0.717, 1.165) is 34.4 Å². The van der Waals surface area contributed by atoms with Gasteiger partial charge in [-0.25, -0.2) is 4.98 Å². The number of fused-ring (bicyclic) bond motifs is 1. The third-order valence-corrected chi connectivity index (χ3v) is 5.96.